The highest BCUT2D eigenvalue weighted by Gasteiger charge is 2.14. The molecule has 1 aromatic heterocycles. The Balaban J connectivity index is 2.50. The van der Waals surface area contributed by atoms with Gasteiger partial charge in [0.1, 0.15) is 11.5 Å². The lowest BCUT2D eigenvalue weighted by atomic mass is 10.1. The predicted molar refractivity (Wildman–Crippen MR) is 78.7 cm³/mol. The van der Waals surface area contributed by atoms with Crippen LogP contribution in [-0.4, -0.2) is 9.66 Å². The number of nitrogens with zero attached hydrogens (tertiary/aromatic N) is 2. The fraction of sp³-hybridized carbons (Fsp3) is 0.308. The van der Waals surface area contributed by atoms with E-state index in [0.717, 1.165) is 40.0 Å². The molecule has 0 aliphatic rings. The topological polar surface area (TPSA) is 69.9 Å². The number of aryl methyl sites for hydroxylation is 2. The average Bonchev–Trinajstić information content (AvgIpc) is 2.62. The van der Waals surface area contributed by atoms with Gasteiger partial charge in [0.15, 0.2) is 5.82 Å². The second-order valence-electron chi connectivity index (χ2n) is 4.35. The van der Waals surface area contributed by atoms with Crippen LogP contribution >= 0.6 is 15.9 Å². The van der Waals surface area contributed by atoms with Crippen LogP contribution in [0.5, 0.6) is 0 Å². The van der Waals surface area contributed by atoms with Gasteiger partial charge < -0.3 is 11.6 Å². The number of hydrogen-bond donors (Lipinski definition) is 2. The minimum atomic E-state index is 0.514. The third-order valence-electron chi connectivity index (χ3n) is 2.93. The number of anilines is 1. The molecule has 4 nitrogen and oxygen atoms in total. The Kier molecular flexibility index (Phi) is 3.61. The maximum absolute atomic E-state index is 6.02. The second kappa shape index (κ2) is 5.02. The quantitative estimate of drug-likeness (QED) is 0.857. The van der Waals surface area contributed by atoms with Gasteiger partial charge in [-0.15, -0.1) is 0 Å². The lowest BCUT2D eigenvalue weighted by Gasteiger charge is -2.03. The van der Waals surface area contributed by atoms with Crippen LogP contribution in [0.15, 0.2) is 22.7 Å². The maximum atomic E-state index is 6.02. The van der Waals surface area contributed by atoms with Crippen LogP contribution in [0.25, 0.3) is 11.3 Å². The van der Waals surface area contributed by atoms with Crippen LogP contribution in [0.3, 0.4) is 0 Å². The van der Waals surface area contributed by atoms with E-state index in [2.05, 4.69) is 33.9 Å². The van der Waals surface area contributed by atoms with Crippen molar-refractivity contribution in [1.82, 2.24) is 9.66 Å². The molecule has 0 fully saturated rings. The summed E-state index contributed by atoms with van der Waals surface area (Å²) in [7, 11) is 0. The van der Waals surface area contributed by atoms with E-state index in [1.54, 1.807) is 0 Å². The van der Waals surface area contributed by atoms with Crippen molar-refractivity contribution < 1.29 is 0 Å². The van der Waals surface area contributed by atoms with Crippen molar-refractivity contribution in [3.05, 3.63) is 34.1 Å². The molecule has 0 radical (unpaired) electrons. The van der Waals surface area contributed by atoms with Crippen molar-refractivity contribution >= 4 is 21.7 Å². The van der Waals surface area contributed by atoms with Crippen molar-refractivity contribution in [1.29, 1.82) is 0 Å². The molecule has 5 heteroatoms. The Morgan fingerprint density at radius 3 is 2.72 bits per heavy atom. The molecule has 96 valence electrons. The molecule has 0 atom stereocenters. The largest absolute Gasteiger partial charge is 0.382 e. The fourth-order valence-electron chi connectivity index (χ4n) is 1.90. The lowest BCUT2D eigenvalue weighted by molar-refractivity contribution is 0.794. The van der Waals surface area contributed by atoms with Crippen molar-refractivity contribution in [3.63, 3.8) is 0 Å². The summed E-state index contributed by atoms with van der Waals surface area (Å²) >= 11 is 3.48. The maximum Gasteiger partial charge on any atom is 0.150 e. The highest BCUT2D eigenvalue weighted by molar-refractivity contribution is 9.10. The van der Waals surface area contributed by atoms with Crippen LogP contribution in [-0.2, 0) is 6.42 Å². The second-order valence-corrected chi connectivity index (χ2v) is 5.20. The number of aromatic nitrogens is 2. The lowest BCUT2D eigenvalue weighted by Crippen LogP contribution is -2.15. The molecule has 0 spiro atoms. The van der Waals surface area contributed by atoms with E-state index in [1.165, 1.54) is 4.68 Å². The van der Waals surface area contributed by atoms with Gasteiger partial charge in [-0.1, -0.05) is 28.9 Å². The van der Waals surface area contributed by atoms with E-state index in [9.17, 15) is 0 Å². The molecule has 2 aromatic rings. The first-order valence-electron chi connectivity index (χ1n) is 5.93. The van der Waals surface area contributed by atoms with Crippen molar-refractivity contribution in [2.45, 2.75) is 26.7 Å². The Hall–Kier alpha value is -1.49. The zero-order chi connectivity index (χ0) is 13.3. The van der Waals surface area contributed by atoms with Gasteiger partial charge in [0.25, 0.3) is 0 Å². The number of imidazole rings is 1. The van der Waals surface area contributed by atoms with Gasteiger partial charge in [0.05, 0.1) is 0 Å². The summed E-state index contributed by atoms with van der Waals surface area (Å²) < 4.78 is 2.56. The van der Waals surface area contributed by atoms with Crippen LogP contribution < -0.4 is 11.6 Å². The molecule has 18 heavy (non-hydrogen) atoms. The number of hydrogen-bond acceptors (Lipinski definition) is 3. The van der Waals surface area contributed by atoms with Crippen LogP contribution in [0, 0.1) is 6.92 Å². The summed E-state index contributed by atoms with van der Waals surface area (Å²) in [5, 5.41) is 0. The minimum Gasteiger partial charge on any atom is -0.382 e. The first-order chi connectivity index (χ1) is 8.54. The summed E-state index contributed by atoms with van der Waals surface area (Å²) in [6.45, 7) is 4.13. The Morgan fingerprint density at radius 2 is 2.11 bits per heavy atom. The molecule has 4 N–H and O–H groups in total. The zero-order valence-electron chi connectivity index (χ0n) is 10.6. The van der Waals surface area contributed by atoms with Gasteiger partial charge in [0.2, 0.25) is 0 Å². The summed E-state index contributed by atoms with van der Waals surface area (Å²) in [4.78, 5) is 4.54. The summed E-state index contributed by atoms with van der Waals surface area (Å²) in [6.07, 6.45) is 1.82. The van der Waals surface area contributed by atoms with Gasteiger partial charge in [0, 0.05) is 16.5 Å². The van der Waals surface area contributed by atoms with E-state index in [4.69, 9.17) is 11.6 Å². The van der Waals surface area contributed by atoms with Crippen molar-refractivity contribution in [2.75, 3.05) is 11.6 Å². The minimum absolute atomic E-state index is 0.514. The average molecular weight is 309 g/mol. The third kappa shape index (κ3) is 2.22. The summed E-state index contributed by atoms with van der Waals surface area (Å²) in [6, 6.07) is 6.04. The molecule has 0 saturated carbocycles. The zero-order valence-corrected chi connectivity index (χ0v) is 12.2. The number of halogens is 1. The van der Waals surface area contributed by atoms with E-state index in [1.807, 2.05) is 19.1 Å². The van der Waals surface area contributed by atoms with Crippen molar-refractivity contribution in [3.8, 4) is 11.3 Å². The highest BCUT2D eigenvalue weighted by Crippen LogP contribution is 2.28. The molecular weight excluding hydrogens is 292 g/mol. The normalized spacial score (nSPS) is 10.8. The van der Waals surface area contributed by atoms with Crippen LogP contribution in [0.4, 0.5) is 5.82 Å². The van der Waals surface area contributed by atoms with Gasteiger partial charge >= 0.3 is 0 Å². The van der Waals surface area contributed by atoms with Crippen LogP contribution in [0.2, 0.25) is 0 Å². The molecule has 1 aromatic carbocycles. The van der Waals surface area contributed by atoms with Crippen LogP contribution in [0.1, 0.15) is 24.7 Å². The standard InChI is InChI=1S/C13H17BrN4/c1-3-4-11-17-12(13(15)18(11)16)9-5-6-10(14)8(2)7-9/h5-7H,3-4,15-16H2,1-2H3. The smallest absolute Gasteiger partial charge is 0.150 e. The van der Waals surface area contributed by atoms with E-state index >= 15 is 0 Å². The molecular formula is C13H17BrN4. The fourth-order valence-corrected chi connectivity index (χ4v) is 2.14. The van der Waals surface area contributed by atoms with Crippen molar-refractivity contribution in [2.24, 2.45) is 0 Å². The molecule has 1 heterocycles. The van der Waals surface area contributed by atoms with E-state index in [-0.39, 0.29) is 0 Å². The first kappa shape index (κ1) is 13.0. The predicted octanol–water partition coefficient (Wildman–Crippen LogP) is 2.87. The third-order valence-corrected chi connectivity index (χ3v) is 3.82. The Bertz CT molecular complexity index is 575. The number of rotatable bonds is 3. The molecule has 0 bridgehead atoms. The number of benzene rings is 1. The molecule has 0 amide bonds. The Labute approximate surface area is 115 Å². The van der Waals surface area contributed by atoms with Gasteiger partial charge in [-0.2, -0.15) is 0 Å². The monoisotopic (exact) mass is 308 g/mol. The molecule has 0 saturated heterocycles. The SMILES string of the molecule is CCCc1nc(-c2ccc(Br)c(C)c2)c(N)n1N. The summed E-state index contributed by atoms with van der Waals surface area (Å²) in [5.41, 5.74) is 8.92. The van der Waals surface area contributed by atoms with Gasteiger partial charge in [-0.3, -0.25) is 0 Å². The number of nitrogens with two attached hydrogens (primary N) is 2. The Morgan fingerprint density at radius 1 is 1.39 bits per heavy atom. The molecule has 2 rings (SSSR count). The molecule has 0 aliphatic heterocycles. The molecule has 0 unspecified atom stereocenters. The van der Waals surface area contributed by atoms with E-state index in [0.29, 0.717) is 5.82 Å². The molecule has 0 aliphatic carbocycles. The first-order valence-corrected chi connectivity index (χ1v) is 6.72. The van der Waals surface area contributed by atoms with Gasteiger partial charge in [-0.25, -0.2) is 9.66 Å². The number of nitrogen functional groups attached to an aromatic ring is 2. The summed E-state index contributed by atoms with van der Waals surface area (Å²) in [5.74, 6) is 7.25. The van der Waals surface area contributed by atoms with Gasteiger partial charge in [-0.05, 0) is 31.0 Å². The van der Waals surface area contributed by atoms with E-state index < -0.39 is 0 Å². The highest BCUT2D eigenvalue weighted by atomic mass is 79.9.